The molecular weight excluding hydrogens is 228 g/mol. The van der Waals surface area contributed by atoms with Crippen molar-refractivity contribution in [2.24, 2.45) is 0 Å². The number of methoxy groups -OCH3 is 2. The lowest BCUT2D eigenvalue weighted by molar-refractivity contribution is 0.0547. The van der Waals surface area contributed by atoms with E-state index in [0.717, 1.165) is 14.2 Å². The van der Waals surface area contributed by atoms with Crippen LogP contribution in [0, 0.1) is 0 Å². The van der Waals surface area contributed by atoms with Gasteiger partial charge >= 0.3 is 17.9 Å². The molecule has 0 aromatic heterocycles. The van der Waals surface area contributed by atoms with Gasteiger partial charge in [0.25, 0.3) is 0 Å². The molecule has 1 rings (SSSR count). The normalized spacial score (nSPS) is 9.53. The van der Waals surface area contributed by atoms with Crippen molar-refractivity contribution < 1.29 is 29.0 Å². The number of benzene rings is 1. The highest BCUT2D eigenvalue weighted by molar-refractivity contribution is 6.09. The van der Waals surface area contributed by atoms with E-state index in [1.807, 2.05) is 0 Å². The highest BCUT2D eigenvalue weighted by Crippen LogP contribution is 2.17. The van der Waals surface area contributed by atoms with Crippen molar-refractivity contribution >= 4 is 17.9 Å². The van der Waals surface area contributed by atoms with Gasteiger partial charge in [-0.2, -0.15) is 0 Å². The van der Waals surface area contributed by atoms with Crippen LogP contribution in [0.1, 0.15) is 31.1 Å². The Morgan fingerprint density at radius 3 is 2.00 bits per heavy atom. The number of hydrogen-bond acceptors (Lipinski definition) is 5. The smallest absolute Gasteiger partial charge is 0.339 e. The third kappa shape index (κ3) is 2.41. The quantitative estimate of drug-likeness (QED) is 0.788. The molecule has 0 unspecified atom stereocenters. The lowest BCUT2D eigenvalue weighted by Gasteiger charge is -2.08. The molecule has 0 spiro atoms. The molecule has 0 aliphatic carbocycles. The van der Waals surface area contributed by atoms with Gasteiger partial charge in [-0.05, 0) is 12.1 Å². The fourth-order valence-corrected chi connectivity index (χ4v) is 1.33. The van der Waals surface area contributed by atoms with Crippen LogP contribution in [0.15, 0.2) is 18.2 Å². The predicted molar refractivity (Wildman–Crippen MR) is 56.1 cm³/mol. The summed E-state index contributed by atoms with van der Waals surface area (Å²) in [6.45, 7) is 0. The number of ether oxygens (including phenoxy) is 2. The van der Waals surface area contributed by atoms with Gasteiger partial charge in [0.05, 0.1) is 30.9 Å². The highest BCUT2D eigenvalue weighted by atomic mass is 16.5. The van der Waals surface area contributed by atoms with Crippen LogP contribution >= 0.6 is 0 Å². The van der Waals surface area contributed by atoms with Gasteiger partial charge in [-0.15, -0.1) is 0 Å². The Bertz CT molecular complexity index is 477. The summed E-state index contributed by atoms with van der Waals surface area (Å²) in [7, 11) is 2.23. The molecule has 6 nitrogen and oxygen atoms in total. The molecule has 1 N–H and O–H groups in total. The lowest BCUT2D eigenvalue weighted by atomic mass is 10.0. The van der Waals surface area contributed by atoms with Gasteiger partial charge in [0, 0.05) is 0 Å². The first-order valence-electron chi connectivity index (χ1n) is 4.55. The van der Waals surface area contributed by atoms with E-state index < -0.39 is 17.9 Å². The Morgan fingerprint density at radius 2 is 1.53 bits per heavy atom. The highest BCUT2D eigenvalue weighted by Gasteiger charge is 2.24. The second kappa shape index (κ2) is 5.11. The fourth-order valence-electron chi connectivity index (χ4n) is 1.33. The minimum Gasteiger partial charge on any atom is -0.478 e. The first kappa shape index (κ1) is 12.7. The molecular formula is C11H10O6. The van der Waals surface area contributed by atoms with Gasteiger partial charge in [-0.1, -0.05) is 6.07 Å². The van der Waals surface area contributed by atoms with Crippen molar-refractivity contribution in [1.29, 1.82) is 0 Å². The number of hydrogen-bond donors (Lipinski definition) is 1. The molecule has 0 radical (unpaired) electrons. The molecule has 0 heterocycles. The van der Waals surface area contributed by atoms with Gasteiger partial charge in [0.1, 0.15) is 0 Å². The van der Waals surface area contributed by atoms with Crippen LogP contribution in [0.4, 0.5) is 0 Å². The van der Waals surface area contributed by atoms with E-state index in [9.17, 15) is 14.4 Å². The van der Waals surface area contributed by atoms with E-state index in [0.29, 0.717) is 0 Å². The fraction of sp³-hybridized carbons (Fsp3) is 0.182. The second-order valence-electron chi connectivity index (χ2n) is 3.02. The predicted octanol–water partition coefficient (Wildman–Crippen LogP) is 0.958. The van der Waals surface area contributed by atoms with Crippen molar-refractivity contribution in [3.05, 3.63) is 34.9 Å². The van der Waals surface area contributed by atoms with Crippen molar-refractivity contribution in [3.63, 3.8) is 0 Å². The Labute approximate surface area is 96.8 Å². The summed E-state index contributed by atoms with van der Waals surface area (Å²) in [6, 6.07) is 3.85. The largest absolute Gasteiger partial charge is 0.478 e. The van der Waals surface area contributed by atoms with E-state index >= 15 is 0 Å². The SMILES string of the molecule is COC(=O)c1cccc(C(=O)O)c1C(=O)OC. The molecule has 90 valence electrons. The molecule has 0 aliphatic heterocycles. The van der Waals surface area contributed by atoms with E-state index in [4.69, 9.17) is 5.11 Å². The molecule has 0 bridgehead atoms. The van der Waals surface area contributed by atoms with Gasteiger partial charge in [0.15, 0.2) is 0 Å². The average molecular weight is 238 g/mol. The Balaban J connectivity index is 3.50. The molecule has 6 heteroatoms. The van der Waals surface area contributed by atoms with Crippen LogP contribution < -0.4 is 0 Å². The van der Waals surface area contributed by atoms with E-state index in [1.165, 1.54) is 18.2 Å². The van der Waals surface area contributed by atoms with Crippen LogP contribution in [0.2, 0.25) is 0 Å². The number of aromatic carboxylic acids is 1. The topological polar surface area (TPSA) is 89.9 Å². The number of rotatable bonds is 3. The van der Waals surface area contributed by atoms with Gasteiger partial charge in [0.2, 0.25) is 0 Å². The van der Waals surface area contributed by atoms with Crippen LogP contribution in [0.3, 0.4) is 0 Å². The van der Waals surface area contributed by atoms with Crippen LogP contribution in [-0.2, 0) is 9.47 Å². The first-order chi connectivity index (χ1) is 8.02. The van der Waals surface area contributed by atoms with Crippen LogP contribution in [0.5, 0.6) is 0 Å². The summed E-state index contributed by atoms with van der Waals surface area (Å²) in [5.41, 5.74) is -0.756. The Morgan fingerprint density at radius 1 is 1.00 bits per heavy atom. The van der Waals surface area contributed by atoms with Crippen molar-refractivity contribution in [1.82, 2.24) is 0 Å². The zero-order chi connectivity index (χ0) is 13.0. The van der Waals surface area contributed by atoms with E-state index in [-0.39, 0.29) is 16.7 Å². The molecule has 17 heavy (non-hydrogen) atoms. The maximum absolute atomic E-state index is 11.5. The molecule has 0 amide bonds. The number of carbonyl (C=O) groups excluding carboxylic acids is 2. The summed E-state index contributed by atoms with van der Waals surface area (Å²) >= 11 is 0. The minimum atomic E-state index is -1.32. The summed E-state index contributed by atoms with van der Waals surface area (Å²) in [5, 5.41) is 8.93. The number of carboxylic acid groups (broad SMARTS) is 1. The Hall–Kier alpha value is -2.37. The van der Waals surface area contributed by atoms with Crippen LogP contribution in [-0.4, -0.2) is 37.2 Å². The van der Waals surface area contributed by atoms with Gasteiger partial charge in [-0.25, -0.2) is 14.4 Å². The zero-order valence-corrected chi connectivity index (χ0v) is 9.22. The third-order valence-electron chi connectivity index (χ3n) is 2.09. The molecule has 1 aromatic rings. The van der Waals surface area contributed by atoms with Crippen molar-refractivity contribution in [2.45, 2.75) is 0 Å². The lowest BCUT2D eigenvalue weighted by Crippen LogP contribution is -2.16. The Kier molecular flexibility index (Phi) is 3.82. The third-order valence-corrected chi connectivity index (χ3v) is 2.09. The van der Waals surface area contributed by atoms with E-state index in [1.54, 1.807) is 0 Å². The molecule has 0 saturated heterocycles. The van der Waals surface area contributed by atoms with Gasteiger partial charge < -0.3 is 14.6 Å². The summed E-state index contributed by atoms with van der Waals surface area (Å²) in [4.78, 5) is 33.8. The molecule has 0 aliphatic rings. The maximum Gasteiger partial charge on any atom is 0.339 e. The second-order valence-corrected chi connectivity index (χ2v) is 3.02. The molecule has 0 atom stereocenters. The number of carbonyl (C=O) groups is 3. The van der Waals surface area contributed by atoms with E-state index in [2.05, 4.69) is 9.47 Å². The van der Waals surface area contributed by atoms with Crippen molar-refractivity contribution in [3.8, 4) is 0 Å². The summed E-state index contributed by atoms with van der Waals surface area (Å²) in [6.07, 6.45) is 0. The zero-order valence-electron chi connectivity index (χ0n) is 9.22. The summed E-state index contributed by atoms with van der Waals surface area (Å²) < 4.78 is 8.92. The summed E-state index contributed by atoms with van der Waals surface area (Å²) in [5.74, 6) is -3.02. The number of carboxylic acids is 1. The monoisotopic (exact) mass is 238 g/mol. The maximum atomic E-state index is 11.5. The van der Waals surface area contributed by atoms with Crippen LogP contribution in [0.25, 0.3) is 0 Å². The minimum absolute atomic E-state index is 0.140. The standard InChI is InChI=1S/C11H10O6/c1-16-10(14)7-5-3-4-6(9(12)13)8(7)11(15)17-2/h3-5H,1-2H3,(H,12,13). The molecule has 0 fully saturated rings. The molecule has 0 saturated carbocycles. The average Bonchev–Trinajstić information content (AvgIpc) is 2.35. The molecule has 1 aromatic carbocycles. The number of esters is 2. The van der Waals surface area contributed by atoms with Gasteiger partial charge in [-0.3, -0.25) is 0 Å². The first-order valence-corrected chi connectivity index (χ1v) is 4.55. The van der Waals surface area contributed by atoms with Crippen molar-refractivity contribution in [2.75, 3.05) is 14.2 Å².